The maximum atomic E-state index is 4.52. The van der Waals surface area contributed by atoms with E-state index in [1.54, 1.807) is 11.8 Å². The number of hydrogen-bond donors (Lipinski definition) is 1. The summed E-state index contributed by atoms with van der Waals surface area (Å²) < 4.78 is 0. The van der Waals surface area contributed by atoms with E-state index in [4.69, 9.17) is 0 Å². The molecule has 0 aliphatic heterocycles. The minimum absolute atomic E-state index is 0.845. The van der Waals surface area contributed by atoms with Crippen LogP contribution in [0.4, 0.5) is 5.82 Å². The summed E-state index contributed by atoms with van der Waals surface area (Å²) in [5.41, 5.74) is 1.00. The number of anilines is 1. The van der Waals surface area contributed by atoms with Gasteiger partial charge >= 0.3 is 0 Å². The lowest BCUT2D eigenvalue weighted by Crippen LogP contribution is -2.02. The summed E-state index contributed by atoms with van der Waals surface area (Å²) >= 11 is 1.67. The number of nitrogens with one attached hydrogen (secondary N) is 1. The predicted octanol–water partition coefficient (Wildman–Crippen LogP) is 3.17. The Morgan fingerprint density at radius 2 is 2.00 bits per heavy atom. The number of benzene rings is 1. The number of rotatable bonds is 4. The molecule has 0 amide bonds. The van der Waals surface area contributed by atoms with Gasteiger partial charge < -0.3 is 5.32 Å². The molecule has 0 fully saturated rings. The topological polar surface area (TPSA) is 37.8 Å². The minimum Gasteiger partial charge on any atom is -0.370 e. The fraction of sp³-hybridized carbons (Fsp3) is 0.333. The molecule has 1 aromatic carbocycles. The van der Waals surface area contributed by atoms with Crippen LogP contribution in [-0.4, -0.2) is 22.3 Å². The smallest absolute Gasteiger partial charge is 0.190 e. The molecular weight excluding hydrogens is 218 g/mol. The van der Waals surface area contributed by atoms with Gasteiger partial charge in [0, 0.05) is 11.9 Å². The molecule has 0 aliphatic carbocycles. The van der Waals surface area contributed by atoms with E-state index in [9.17, 15) is 0 Å². The first-order valence-electron chi connectivity index (χ1n) is 5.48. The fourth-order valence-electron chi connectivity index (χ4n) is 1.55. The fourth-order valence-corrected chi connectivity index (χ4v) is 2.13. The van der Waals surface area contributed by atoms with Crippen molar-refractivity contribution in [2.75, 3.05) is 17.6 Å². The van der Waals surface area contributed by atoms with Gasteiger partial charge in [-0.25, -0.2) is 9.97 Å². The number of para-hydroxylation sites is 1. The highest BCUT2D eigenvalue weighted by atomic mass is 32.2. The second-order valence-corrected chi connectivity index (χ2v) is 4.57. The molecule has 0 unspecified atom stereocenters. The predicted molar refractivity (Wildman–Crippen MR) is 70.1 cm³/mol. The molecule has 0 aliphatic rings. The van der Waals surface area contributed by atoms with Gasteiger partial charge in [0.15, 0.2) is 5.16 Å². The van der Waals surface area contributed by atoms with Crippen molar-refractivity contribution in [3.63, 3.8) is 0 Å². The molecule has 0 atom stereocenters. The van der Waals surface area contributed by atoms with Crippen molar-refractivity contribution < 1.29 is 0 Å². The summed E-state index contributed by atoms with van der Waals surface area (Å²) in [6.45, 7) is 5.05. The lowest BCUT2D eigenvalue weighted by molar-refractivity contribution is 0.993. The van der Waals surface area contributed by atoms with Crippen molar-refractivity contribution in [2.45, 2.75) is 19.0 Å². The van der Waals surface area contributed by atoms with Crippen LogP contribution >= 0.6 is 11.8 Å². The van der Waals surface area contributed by atoms with Gasteiger partial charge in [-0.15, -0.1) is 0 Å². The molecule has 0 saturated heterocycles. The minimum atomic E-state index is 0.845. The van der Waals surface area contributed by atoms with Gasteiger partial charge in [-0.3, -0.25) is 0 Å². The van der Waals surface area contributed by atoms with Gasteiger partial charge in [0.25, 0.3) is 0 Å². The molecule has 1 aromatic heterocycles. The van der Waals surface area contributed by atoms with Gasteiger partial charge in [0.1, 0.15) is 5.82 Å². The van der Waals surface area contributed by atoms with E-state index in [2.05, 4.69) is 29.1 Å². The maximum Gasteiger partial charge on any atom is 0.190 e. The highest BCUT2D eigenvalue weighted by Gasteiger charge is 2.05. The number of nitrogens with zero attached hydrogens (tertiary/aromatic N) is 2. The molecule has 0 spiro atoms. The Balaban J connectivity index is 2.54. The van der Waals surface area contributed by atoms with Crippen LogP contribution in [0, 0.1) is 0 Å². The Morgan fingerprint density at radius 1 is 1.19 bits per heavy atom. The molecule has 84 valence electrons. The first-order chi connectivity index (χ1) is 7.85. The second-order valence-electron chi connectivity index (χ2n) is 3.34. The normalized spacial score (nSPS) is 10.6. The molecule has 1 heterocycles. The zero-order valence-corrected chi connectivity index (χ0v) is 10.3. The molecule has 0 bridgehead atoms. The molecule has 2 aromatic rings. The second kappa shape index (κ2) is 5.16. The zero-order chi connectivity index (χ0) is 11.4. The van der Waals surface area contributed by atoms with Crippen LogP contribution in [0.5, 0.6) is 0 Å². The van der Waals surface area contributed by atoms with E-state index in [1.165, 1.54) is 0 Å². The average molecular weight is 233 g/mol. The van der Waals surface area contributed by atoms with Gasteiger partial charge in [-0.2, -0.15) is 0 Å². The van der Waals surface area contributed by atoms with Gasteiger partial charge in [-0.1, -0.05) is 30.8 Å². The standard InChI is InChI=1S/C12H15N3S/c1-3-13-11-9-7-5-6-8-10(9)14-12(15-11)16-4-2/h5-8H,3-4H2,1-2H3,(H,13,14,15). The van der Waals surface area contributed by atoms with E-state index < -0.39 is 0 Å². The molecule has 16 heavy (non-hydrogen) atoms. The Labute approximate surface area is 99.7 Å². The van der Waals surface area contributed by atoms with E-state index in [0.717, 1.165) is 34.2 Å². The van der Waals surface area contributed by atoms with Gasteiger partial charge in [0.2, 0.25) is 0 Å². The summed E-state index contributed by atoms with van der Waals surface area (Å²) in [6.07, 6.45) is 0. The molecular formula is C12H15N3S. The summed E-state index contributed by atoms with van der Waals surface area (Å²) in [7, 11) is 0. The van der Waals surface area contributed by atoms with Crippen LogP contribution in [0.25, 0.3) is 10.9 Å². The van der Waals surface area contributed by atoms with Crippen LogP contribution in [0.3, 0.4) is 0 Å². The van der Waals surface area contributed by atoms with Crippen molar-refractivity contribution >= 4 is 28.5 Å². The quantitative estimate of drug-likeness (QED) is 0.650. The number of fused-ring (bicyclic) bond motifs is 1. The Hall–Kier alpha value is -1.29. The third kappa shape index (κ3) is 2.27. The molecule has 2 rings (SSSR count). The highest BCUT2D eigenvalue weighted by molar-refractivity contribution is 7.99. The van der Waals surface area contributed by atoms with Crippen molar-refractivity contribution in [1.82, 2.24) is 9.97 Å². The molecule has 4 heteroatoms. The summed E-state index contributed by atoms with van der Waals surface area (Å²) in [6, 6.07) is 8.09. The van der Waals surface area contributed by atoms with E-state index in [-0.39, 0.29) is 0 Å². The first kappa shape index (κ1) is 11.2. The lowest BCUT2D eigenvalue weighted by atomic mass is 10.2. The summed E-state index contributed by atoms with van der Waals surface area (Å²) in [4.78, 5) is 9.04. The van der Waals surface area contributed by atoms with Crippen molar-refractivity contribution in [3.8, 4) is 0 Å². The first-order valence-corrected chi connectivity index (χ1v) is 6.47. The molecule has 0 saturated carbocycles. The van der Waals surface area contributed by atoms with Crippen molar-refractivity contribution in [3.05, 3.63) is 24.3 Å². The monoisotopic (exact) mass is 233 g/mol. The zero-order valence-electron chi connectivity index (χ0n) is 9.53. The Bertz CT molecular complexity index is 485. The van der Waals surface area contributed by atoms with Gasteiger partial charge in [-0.05, 0) is 24.8 Å². The molecule has 3 nitrogen and oxygen atoms in total. The number of aromatic nitrogens is 2. The Morgan fingerprint density at radius 3 is 2.75 bits per heavy atom. The average Bonchev–Trinajstić information content (AvgIpc) is 2.30. The van der Waals surface area contributed by atoms with E-state index in [1.807, 2.05) is 24.3 Å². The third-order valence-corrected chi connectivity index (χ3v) is 2.93. The van der Waals surface area contributed by atoms with E-state index in [0.29, 0.717) is 0 Å². The Kier molecular flexibility index (Phi) is 3.62. The molecule has 1 N–H and O–H groups in total. The number of hydrogen-bond acceptors (Lipinski definition) is 4. The SMILES string of the molecule is CCNc1nc(SCC)nc2ccccc12. The summed E-state index contributed by atoms with van der Waals surface area (Å²) in [5, 5.41) is 5.22. The largest absolute Gasteiger partial charge is 0.370 e. The maximum absolute atomic E-state index is 4.52. The van der Waals surface area contributed by atoms with Crippen LogP contribution in [0.1, 0.15) is 13.8 Å². The van der Waals surface area contributed by atoms with Crippen LogP contribution in [0.2, 0.25) is 0 Å². The van der Waals surface area contributed by atoms with Crippen LogP contribution < -0.4 is 5.32 Å². The lowest BCUT2D eigenvalue weighted by Gasteiger charge is -2.08. The van der Waals surface area contributed by atoms with Gasteiger partial charge in [0.05, 0.1) is 5.52 Å². The summed E-state index contributed by atoms with van der Waals surface area (Å²) in [5.74, 6) is 1.92. The van der Waals surface area contributed by atoms with E-state index >= 15 is 0 Å². The number of thioether (sulfide) groups is 1. The third-order valence-electron chi connectivity index (χ3n) is 2.20. The van der Waals surface area contributed by atoms with Crippen molar-refractivity contribution in [1.29, 1.82) is 0 Å². The molecule has 0 radical (unpaired) electrons. The highest BCUT2D eigenvalue weighted by Crippen LogP contribution is 2.23. The van der Waals surface area contributed by atoms with Crippen LogP contribution in [0.15, 0.2) is 29.4 Å². The van der Waals surface area contributed by atoms with Crippen LogP contribution in [-0.2, 0) is 0 Å². The van der Waals surface area contributed by atoms with Crippen molar-refractivity contribution in [2.24, 2.45) is 0 Å².